The van der Waals surface area contributed by atoms with E-state index in [0.29, 0.717) is 0 Å². The molecule has 0 aliphatic heterocycles. The predicted octanol–water partition coefficient (Wildman–Crippen LogP) is 4.70. The smallest absolute Gasteiger partial charge is 0.194 e. The molecule has 1 N–H and O–H groups in total. The van der Waals surface area contributed by atoms with Gasteiger partial charge >= 0.3 is 0 Å². The topological polar surface area (TPSA) is 29.3 Å². The largest absolute Gasteiger partial charge is 0.311 e. The highest BCUT2D eigenvalue weighted by Crippen LogP contribution is 2.32. The standard InChI is InChI=1S/C15H16ClN3S2/c1-2-7-17-10-13-14(18-15-19(13)8-9-20-15)21-12-5-3-11(16)4-6-12/h3-6,8-9,17H,2,7,10H2,1H3. The molecule has 0 fully saturated rings. The van der Waals surface area contributed by atoms with Gasteiger partial charge < -0.3 is 5.32 Å². The number of nitrogens with zero attached hydrogens (tertiary/aromatic N) is 2. The minimum absolute atomic E-state index is 0.759. The molecule has 6 heteroatoms. The van der Waals surface area contributed by atoms with Gasteiger partial charge in [-0.1, -0.05) is 30.3 Å². The highest BCUT2D eigenvalue weighted by Gasteiger charge is 2.14. The van der Waals surface area contributed by atoms with Crippen molar-refractivity contribution in [3.8, 4) is 0 Å². The van der Waals surface area contributed by atoms with Crippen LogP contribution in [0.5, 0.6) is 0 Å². The lowest BCUT2D eigenvalue weighted by atomic mass is 10.4. The first-order valence-electron chi connectivity index (χ1n) is 6.86. The van der Waals surface area contributed by atoms with E-state index in [2.05, 4.69) is 28.2 Å². The Labute approximate surface area is 137 Å². The number of thiazole rings is 1. The van der Waals surface area contributed by atoms with Crippen LogP contribution in [0.15, 0.2) is 45.8 Å². The first-order valence-corrected chi connectivity index (χ1v) is 8.94. The SMILES string of the molecule is CCCNCc1c(Sc2ccc(Cl)cc2)nc2sccn12. The predicted molar refractivity (Wildman–Crippen MR) is 90.6 cm³/mol. The molecular weight excluding hydrogens is 322 g/mol. The highest BCUT2D eigenvalue weighted by atomic mass is 35.5. The van der Waals surface area contributed by atoms with Crippen LogP contribution in [0.2, 0.25) is 5.02 Å². The summed E-state index contributed by atoms with van der Waals surface area (Å²) in [5.74, 6) is 0. The maximum atomic E-state index is 5.94. The van der Waals surface area contributed by atoms with Crippen molar-refractivity contribution >= 4 is 39.7 Å². The molecule has 2 aromatic heterocycles. The van der Waals surface area contributed by atoms with Crippen LogP contribution in [0.1, 0.15) is 19.0 Å². The van der Waals surface area contributed by atoms with Gasteiger partial charge in [-0.25, -0.2) is 4.98 Å². The van der Waals surface area contributed by atoms with Gasteiger partial charge in [0.1, 0.15) is 5.03 Å². The normalized spacial score (nSPS) is 11.3. The Morgan fingerprint density at radius 1 is 1.33 bits per heavy atom. The minimum atomic E-state index is 0.759. The van der Waals surface area contributed by atoms with Crippen molar-refractivity contribution in [3.05, 3.63) is 46.6 Å². The number of imidazole rings is 1. The van der Waals surface area contributed by atoms with E-state index in [9.17, 15) is 0 Å². The van der Waals surface area contributed by atoms with Crippen LogP contribution >= 0.6 is 34.7 Å². The lowest BCUT2D eigenvalue weighted by molar-refractivity contribution is 0.653. The van der Waals surface area contributed by atoms with Gasteiger partial charge in [-0.3, -0.25) is 4.40 Å². The zero-order valence-corrected chi connectivity index (χ0v) is 14.1. The summed E-state index contributed by atoms with van der Waals surface area (Å²) in [5.41, 5.74) is 1.22. The number of nitrogens with one attached hydrogen (secondary N) is 1. The second-order valence-electron chi connectivity index (χ2n) is 4.65. The van der Waals surface area contributed by atoms with E-state index in [1.165, 1.54) is 5.69 Å². The second-order valence-corrected chi connectivity index (χ2v) is 7.02. The summed E-state index contributed by atoms with van der Waals surface area (Å²) in [7, 11) is 0. The van der Waals surface area contributed by atoms with Crippen LogP contribution in [0, 0.1) is 0 Å². The summed E-state index contributed by atoms with van der Waals surface area (Å²) >= 11 is 9.29. The third kappa shape index (κ3) is 3.43. The number of rotatable bonds is 6. The zero-order chi connectivity index (χ0) is 14.7. The lowest BCUT2D eigenvalue weighted by Gasteiger charge is -2.05. The fourth-order valence-electron chi connectivity index (χ4n) is 2.05. The maximum absolute atomic E-state index is 5.94. The molecule has 0 atom stereocenters. The maximum Gasteiger partial charge on any atom is 0.194 e. The van der Waals surface area contributed by atoms with Gasteiger partial charge in [0.25, 0.3) is 0 Å². The van der Waals surface area contributed by atoms with Crippen molar-refractivity contribution in [2.75, 3.05) is 6.54 Å². The van der Waals surface area contributed by atoms with E-state index in [4.69, 9.17) is 16.6 Å². The third-order valence-electron chi connectivity index (χ3n) is 3.07. The molecular formula is C15H16ClN3S2. The van der Waals surface area contributed by atoms with E-state index < -0.39 is 0 Å². The molecule has 0 saturated carbocycles. The van der Waals surface area contributed by atoms with Crippen LogP contribution in [0.25, 0.3) is 4.96 Å². The summed E-state index contributed by atoms with van der Waals surface area (Å²) in [6.07, 6.45) is 3.22. The molecule has 3 aromatic rings. The number of fused-ring (bicyclic) bond motifs is 1. The second kappa shape index (κ2) is 6.83. The molecule has 0 saturated heterocycles. The summed E-state index contributed by atoms with van der Waals surface area (Å²) in [4.78, 5) is 6.94. The molecule has 3 rings (SSSR count). The van der Waals surface area contributed by atoms with Crippen molar-refractivity contribution in [3.63, 3.8) is 0 Å². The third-order valence-corrected chi connectivity index (χ3v) is 5.11. The molecule has 1 aromatic carbocycles. The van der Waals surface area contributed by atoms with Gasteiger partial charge in [0, 0.05) is 28.0 Å². The highest BCUT2D eigenvalue weighted by molar-refractivity contribution is 7.99. The molecule has 0 radical (unpaired) electrons. The van der Waals surface area contributed by atoms with Crippen molar-refractivity contribution in [2.24, 2.45) is 0 Å². The van der Waals surface area contributed by atoms with Crippen molar-refractivity contribution in [1.82, 2.24) is 14.7 Å². The Balaban J connectivity index is 1.87. The Bertz CT molecular complexity index is 718. The average Bonchev–Trinajstić information content (AvgIpc) is 3.04. The molecule has 0 spiro atoms. The average molecular weight is 338 g/mol. The van der Waals surface area contributed by atoms with Crippen LogP contribution in [0.3, 0.4) is 0 Å². The van der Waals surface area contributed by atoms with Gasteiger partial charge in [0.2, 0.25) is 0 Å². The van der Waals surface area contributed by atoms with E-state index in [1.807, 2.05) is 24.3 Å². The Morgan fingerprint density at radius 3 is 2.90 bits per heavy atom. The number of halogens is 1. The van der Waals surface area contributed by atoms with Crippen LogP contribution in [-0.4, -0.2) is 15.9 Å². The summed E-state index contributed by atoms with van der Waals surface area (Å²) in [6, 6.07) is 7.89. The summed E-state index contributed by atoms with van der Waals surface area (Å²) in [6.45, 7) is 4.02. The van der Waals surface area contributed by atoms with Gasteiger partial charge in [-0.2, -0.15) is 0 Å². The number of hydrogen-bond donors (Lipinski definition) is 1. The number of hydrogen-bond acceptors (Lipinski definition) is 4. The fraction of sp³-hybridized carbons (Fsp3) is 0.267. The van der Waals surface area contributed by atoms with Crippen LogP contribution < -0.4 is 5.32 Å². The summed E-state index contributed by atoms with van der Waals surface area (Å²) < 4.78 is 2.17. The molecule has 2 heterocycles. The molecule has 3 nitrogen and oxygen atoms in total. The van der Waals surface area contributed by atoms with Crippen molar-refractivity contribution in [2.45, 2.75) is 29.8 Å². The van der Waals surface area contributed by atoms with Crippen LogP contribution in [0.4, 0.5) is 0 Å². The van der Waals surface area contributed by atoms with Gasteiger partial charge in [0.05, 0.1) is 5.69 Å². The Morgan fingerprint density at radius 2 is 2.14 bits per heavy atom. The first kappa shape index (κ1) is 14.9. The Kier molecular flexibility index (Phi) is 4.85. The van der Waals surface area contributed by atoms with Crippen molar-refractivity contribution in [1.29, 1.82) is 0 Å². The molecule has 21 heavy (non-hydrogen) atoms. The first-order chi connectivity index (χ1) is 10.3. The van der Waals surface area contributed by atoms with E-state index in [1.54, 1.807) is 23.1 Å². The van der Waals surface area contributed by atoms with Gasteiger partial charge in [-0.05, 0) is 37.2 Å². The molecule has 0 aliphatic rings. The van der Waals surface area contributed by atoms with Gasteiger partial charge in [-0.15, -0.1) is 11.3 Å². The summed E-state index contributed by atoms with van der Waals surface area (Å²) in [5, 5.41) is 7.36. The van der Waals surface area contributed by atoms with Gasteiger partial charge in [0.15, 0.2) is 4.96 Å². The van der Waals surface area contributed by atoms with Crippen LogP contribution in [-0.2, 0) is 6.54 Å². The molecule has 0 amide bonds. The zero-order valence-electron chi connectivity index (χ0n) is 11.7. The van der Waals surface area contributed by atoms with E-state index in [-0.39, 0.29) is 0 Å². The molecule has 0 aliphatic carbocycles. The van der Waals surface area contributed by atoms with Crippen molar-refractivity contribution < 1.29 is 0 Å². The molecule has 0 unspecified atom stereocenters. The van der Waals surface area contributed by atoms with E-state index >= 15 is 0 Å². The fourth-order valence-corrected chi connectivity index (χ4v) is 3.89. The Hall–Kier alpha value is -1.01. The lowest BCUT2D eigenvalue weighted by Crippen LogP contribution is -2.15. The van der Waals surface area contributed by atoms with E-state index in [0.717, 1.165) is 39.4 Å². The number of aromatic nitrogens is 2. The number of benzene rings is 1. The molecule has 0 bridgehead atoms. The quantitative estimate of drug-likeness (QED) is 0.661. The molecule has 110 valence electrons. The monoisotopic (exact) mass is 337 g/mol. The minimum Gasteiger partial charge on any atom is -0.311 e.